The van der Waals surface area contributed by atoms with Crippen LogP contribution in [0.5, 0.6) is 11.5 Å². The molecule has 4 rings (SSSR count). The number of nitrogens with zero attached hydrogens (tertiary/aromatic N) is 6. The summed E-state index contributed by atoms with van der Waals surface area (Å²) in [4.78, 5) is 17.3. The van der Waals surface area contributed by atoms with Gasteiger partial charge >= 0.3 is 0 Å². The fourth-order valence-corrected chi connectivity index (χ4v) is 4.11. The predicted molar refractivity (Wildman–Crippen MR) is 125 cm³/mol. The van der Waals surface area contributed by atoms with Crippen LogP contribution in [0.15, 0.2) is 36.4 Å². The Hall–Kier alpha value is -3.46. The maximum atomic E-state index is 13.1. The van der Waals surface area contributed by atoms with Crippen molar-refractivity contribution < 1.29 is 15.0 Å². The molecule has 0 aliphatic carbocycles. The minimum Gasteiger partial charge on any atom is -0.507 e. The van der Waals surface area contributed by atoms with E-state index in [0.717, 1.165) is 32.5 Å². The van der Waals surface area contributed by atoms with Crippen LogP contribution in [0.2, 0.25) is 0 Å². The van der Waals surface area contributed by atoms with Crippen molar-refractivity contribution in [2.75, 3.05) is 32.7 Å². The average Bonchev–Trinajstić information content (AvgIpc) is 3.30. The van der Waals surface area contributed by atoms with Gasteiger partial charge in [0.2, 0.25) is 0 Å². The monoisotopic (exact) mass is 450 g/mol. The maximum absolute atomic E-state index is 13.1. The second kappa shape index (κ2) is 9.99. The molecule has 3 aromatic rings. The lowest BCUT2D eigenvalue weighted by Crippen LogP contribution is -2.48. The van der Waals surface area contributed by atoms with Gasteiger partial charge in [-0.15, -0.1) is 5.10 Å². The van der Waals surface area contributed by atoms with E-state index in [0.29, 0.717) is 47.7 Å². The van der Waals surface area contributed by atoms with E-state index in [4.69, 9.17) is 0 Å². The molecule has 9 heteroatoms. The topological polar surface area (TPSA) is 108 Å². The van der Waals surface area contributed by atoms with Crippen molar-refractivity contribution in [3.8, 4) is 34.0 Å². The Morgan fingerprint density at radius 1 is 1.00 bits per heavy atom. The van der Waals surface area contributed by atoms with Gasteiger partial charge in [-0.1, -0.05) is 32.4 Å². The lowest BCUT2D eigenvalue weighted by atomic mass is 9.98. The molecule has 2 N–H and O–H groups in total. The largest absolute Gasteiger partial charge is 0.507 e. The quantitative estimate of drug-likeness (QED) is 0.570. The summed E-state index contributed by atoms with van der Waals surface area (Å²) in [5.74, 6) is 0.229. The number of hydrogen-bond donors (Lipinski definition) is 2. The first-order chi connectivity index (χ1) is 16.0. The molecule has 1 aromatic heterocycles. The molecular formula is C24H30N6O3. The van der Waals surface area contributed by atoms with Gasteiger partial charge in [0.25, 0.3) is 5.91 Å². The number of likely N-dealkylation sites (N-methyl/N-ethyl adjacent to an activating group) is 1. The maximum Gasteiger partial charge on any atom is 0.253 e. The van der Waals surface area contributed by atoms with Crippen molar-refractivity contribution in [2.45, 2.75) is 33.2 Å². The van der Waals surface area contributed by atoms with Gasteiger partial charge in [0.15, 0.2) is 5.82 Å². The lowest BCUT2D eigenvalue weighted by molar-refractivity contribution is 0.0643. The van der Waals surface area contributed by atoms with E-state index in [1.54, 1.807) is 22.9 Å². The lowest BCUT2D eigenvalue weighted by Gasteiger charge is -2.34. The molecule has 0 spiro atoms. The Kier molecular flexibility index (Phi) is 6.88. The van der Waals surface area contributed by atoms with E-state index < -0.39 is 0 Å². The molecule has 0 radical (unpaired) electrons. The van der Waals surface area contributed by atoms with Crippen molar-refractivity contribution in [3.63, 3.8) is 0 Å². The third kappa shape index (κ3) is 4.83. The van der Waals surface area contributed by atoms with Gasteiger partial charge in [0, 0.05) is 49.9 Å². The summed E-state index contributed by atoms with van der Waals surface area (Å²) in [5.41, 5.74) is 2.17. The highest BCUT2D eigenvalue weighted by atomic mass is 16.3. The van der Waals surface area contributed by atoms with Gasteiger partial charge in [-0.2, -0.15) is 0 Å². The summed E-state index contributed by atoms with van der Waals surface area (Å²) in [6.07, 6.45) is 1.89. The van der Waals surface area contributed by atoms with Crippen LogP contribution < -0.4 is 0 Å². The molecule has 0 saturated carbocycles. The number of phenols is 2. The van der Waals surface area contributed by atoms with Crippen molar-refractivity contribution >= 4 is 5.91 Å². The molecule has 0 bridgehead atoms. The summed E-state index contributed by atoms with van der Waals surface area (Å²) in [5, 5.41) is 33.0. The number of aryl methyl sites for hydroxylation is 1. The number of rotatable bonds is 7. The summed E-state index contributed by atoms with van der Waals surface area (Å²) in [6.45, 7) is 8.97. The Morgan fingerprint density at radius 2 is 1.76 bits per heavy atom. The third-order valence-corrected chi connectivity index (χ3v) is 6.14. The van der Waals surface area contributed by atoms with Crippen molar-refractivity contribution in [3.05, 3.63) is 42.0 Å². The fraction of sp³-hybridized carbons (Fsp3) is 0.417. The van der Waals surface area contributed by atoms with Crippen molar-refractivity contribution in [2.24, 2.45) is 0 Å². The van der Waals surface area contributed by atoms with Crippen LogP contribution in [0.3, 0.4) is 0 Å². The first kappa shape index (κ1) is 22.7. The van der Waals surface area contributed by atoms with Crippen LogP contribution in [-0.4, -0.2) is 78.9 Å². The number of amides is 1. The number of carbonyl (C=O) groups is 1. The van der Waals surface area contributed by atoms with Crippen LogP contribution in [0.4, 0.5) is 0 Å². The minimum absolute atomic E-state index is 0.0189. The van der Waals surface area contributed by atoms with E-state index in [9.17, 15) is 15.0 Å². The molecule has 1 fully saturated rings. The summed E-state index contributed by atoms with van der Waals surface area (Å²) in [7, 11) is 0. The zero-order valence-corrected chi connectivity index (χ0v) is 19.1. The number of carbonyl (C=O) groups excluding carboxylic acids is 1. The van der Waals surface area contributed by atoms with Crippen molar-refractivity contribution in [1.82, 2.24) is 30.0 Å². The molecule has 33 heavy (non-hydrogen) atoms. The number of benzene rings is 2. The third-order valence-electron chi connectivity index (χ3n) is 6.14. The van der Waals surface area contributed by atoms with Crippen LogP contribution in [0, 0.1) is 0 Å². The Labute approximate surface area is 193 Å². The molecule has 1 amide bonds. The number of phenolic OH excluding ortho intramolecular Hbond substituents is 2. The Balaban J connectivity index is 1.64. The van der Waals surface area contributed by atoms with E-state index in [1.807, 2.05) is 17.0 Å². The summed E-state index contributed by atoms with van der Waals surface area (Å²) < 4.78 is 1.65. The molecule has 1 saturated heterocycles. The summed E-state index contributed by atoms with van der Waals surface area (Å²) >= 11 is 0. The van der Waals surface area contributed by atoms with Crippen LogP contribution in [-0.2, 0) is 6.54 Å². The Bertz CT molecular complexity index is 1120. The number of hydrogen-bond acceptors (Lipinski definition) is 7. The van der Waals surface area contributed by atoms with Crippen LogP contribution in [0.25, 0.3) is 22.5 Å². The van der Waals surface area contributed by atoms with E-state index in [1.165, 1.54) is 6.07 Å². The van der Waals surface area contributed by atoms with Crippen LogP contribution >= 0.6 is 0 Å². The van der Waals surface area contributed by atoms with Gasteiger partial charge in [0.1, 0.15) is 11.5 Å². The Morgan fingerprint density at radius 3 is 2.48 bits per heavy atom. The summed E-state index contributed by atoms with van der Waals surface area (Å²) in [6, 6.07) is 10.2. The number of unbranched alkanes of at least 4 members (excludes halogenated alkanes) is 1. The zero-order chi connectivity index (χ0) is 23.4. The molecule has 2 aromatic carbocycles. The van der Waals surface area contributed by atoms with Crippen LogP contribution in [0.1, 0.15) is 37.0 Å². The van der Waals surface area contributed by atoms with Gasteiger partial charge in [0.05, 0.1) is 5.56 Å². The number of aromatic nitrogens is 4. The van der Waals surface area contributed by atoms with Gasteiger partial charge in [-0.05, 0) is 47.2 Å². The standard InChI is InChI=1S/C24H30N6O3/c1-3-5-9-30-23(25-26-27-30)20-15-19(21(31)16-22(20)32)17-7-6-8-18(14-17)24(33)29-12-10-28(4-2)11-13-29/h6-8,14-16,31-32H,3-5,9-13H2,1-2H3. The van der Waals surface area contributed by atoms with E-state index in [-0.39, 0.29) is 17.4 Å². The molecule has 1 aliphatic rings. The molecule has 1 aliphatic heterocycles. The van der Waals surface area contributed by atoms with Gasteiger partial charge in [-0.25, -0.2) is 4.68 Å². The molecule has 0 atom stereocenters. The van der Waals surface area contributed by atoms with Crippen molar-refractivity contribution in [1.29, 1.82) is 0 Å². The zero-order valence-electron chi connectivity index (χ0n) is 19.1. The molecule has 2 heterocycles. The normalized spacial score (nSPS) is 14.5. The van der Waals surface area contributed by atoms with E-state index in [2.05, 4.69) is 34.3 Å². The molecule has 9 nitrogen and oxygen atoms in total. The predicted octanol–water partition coefficient (Wildman–Crippen LogP) is 3.00. The SMILES string of the molecule is CCCCn1nnnc1-c1cc(-c2cccc(C(=O)N3CCN(CC)CC3)c2)c(O)cc1O. The smallest absolute Gasteiger partial charge is 0.253 e. The second-order valence-electron chi connectivity index (χ2n) is 8.27. The average molecular weight is 451 g/mol. The highest BCUT2D eigenvalue weighted by molar-refractivity contribution is 5.96. The number of tetrazole rings is 1. The molecule has 0 unspecified atom stereocenters. The highest BCUT2D eigenvalue weighted by Gasteiger charge is 2.22. The number of piperazine rings is 1. The second-order valence-corrected chi connectivity index (χ2v) is 8.27. The first-order valence-corrected chi connectivity index (χ1v) is 11.5. The minimum atomic E-state index is -0.107. The van der Waals surface area contributed by atoms with E-state index >= 15 is 0 Å². The first-order valence-electron chi connectivity index (χ1n) is 11.5. The fourth-order valence-electron chi connectivity index (χ4n) is 4.11. The molecular weight excluding hydrogens is 420 g/mol. The van der Waals surface area contributed by atoms with Gasteiger partial charge < -0.3 is 20.0 Å². The highest BCUT2D eigenvalue weighted by Crippen LogP contribution is 2.39. The van der Waals surface area contributed by atoms with Gasteiger partial charge in [-0.3, -0.25) is 4.79 Å². The number of aromatic hydroxyl groups is 2. The molecule has 174 valence electrons.